The van der Waals surface area contributed by atoms with Crippen LogP contribution in [0.4, 0.5) is 0 Å². The second kappa shape index (κ2) is 6.11. The van der Waals surface area contributed by atoms with E-state index in [9.17, 15) is 0 Å². The van der Waals surface area contributed by atoms with E-state index >= 15 is 0 Å². The topological polar surface area (TPSA) is 21.3 Å². The van der Waals surface area contributed by atoms with Gasteiger partial charge in [-0.1, -0.05) is 29.8 Å². The SMILES string of the molecule is CNC(COC(C)C)c1ccccc1Cl. The number of ether oxygens (including phenoxy) is 1. The maximum absolute atomic E-state index is 6.12. The highest BCUT2D eigenvalue weighted by atomic mass is 35.5. The molecule has 1 aromatic rings. The molecule has 0 spiro atoms. The van der Waals surface area contributed by atoms with Crippen LogP contribution in [0.15, 0.2) is 24.3 Å². The lowest BCUT2D eigenvalue weighted by molar-refractivity contribution is 0.0626. The molecule has 1 rings (SSSR count). The van der Waals surface area contributed by atoms with E-state index in [1.54, 1.807) is 0 Å². The van der Waals surface area contributed by atoms with Crippen molar-refractivity contribution < 1.29 is 4.74 Å². The summed E-state index contributed by atoms with van der Waals surface area (Å²) in [5.41, 5.74) is 1.09. The number of nitrogens with one attached hydrogen (secondary N) is 1. The van der Waals surface area contributed by atoms with Gasteiger partial charge < -0.3 is 10.1 Å². The van der Waals surface area contributed by atoms with Gasteiger partial charge in [-0.05, 0) is 32.5 Å². The zero-order chi connectivity index (χ0) is 11.3. The van der Waals surface area contributed by atoms with Crippen molar-refractivity contribution in [2.45, 2.75) is 26.0 Å². The molecule has 0 radical (unpaired) electrons. The largest absolute Gasteiger partial charge is 0.377 e. The lowest BCUT2D eigenvalue weighted by Crippen LogP contribution is -2.23. The van der Waals surface area contributed by atoms with Gasteiger partial charge in [-0.15, -0.1) is 0 Å². The first kappa shape index (κ1) is 12.5. The molecule has 0 aliphatic carbocycles. The van der Waals surface area contributed by atoms with E-state index in [-0.39, 0.29) is 12.1 Å². The molecule has 1 N–H and O–H groups in total. The van der Waals surface area contributed by atoms with Crippen LogP contribution in [0.5, 0.6) is 0 Å². The molecule has 0 fully saturated rings. The summed E-state index contributed by atoms with van der Waals surface area (Å²) < 4.78 is 5.58. The Labute approximate surface area is 96.6 Å². The molecule has 0 saturated heterocycles. The summed E-state index contributed by atoms with van der Waals surface area (Å²) in [6, 6.07) is 7.99. The fraction of sp³-hybridized carbons (Fsp3) is 0.500. The Morgan fingerprint density at radius 2 is 2.00 bits per heavy atom. The molecule has 0 heterocycles. The first-order valence-electron chi connectivity index (χ1n) is 5.18. The third-order valence-electron chi connectivity index (χ3n) is 2.23. The lowest BCUT2D eigenvalue weighted by atomic mass is 10.1. The summed E-state index contributed by atoms with van der Waals surface area (Å²) in [7, 11) is 1.91. The van der Waals surface area contributed by atoms with Crippen LogP contribution in [0.1, 0.15) is 25.5 Å². The highest BCUT2D eigenvalue weighted by molar-refractivity contribution is 6.31. The average Bonchev–Trinajstić information content (AvgIpc) is 2.21. The molecule has 2 nitrogen and oxygen atoms in total. The number of benzene rings is 1. The molecule has 0 amide bonds. The van der Waals surface area contributed by atoms with Gasteiger partial charge in [0.15, 0.2) is 0 Å². The Morgan fingerprint density at radius 3 is 2.53 bits per heavy atom. The third kappa shape index (κ3) is 3.82. The zero-order valence-electron chi connectivity index (χ0n) is 9.46. The molecule has 15 heavy (non-hydrogen) atoms. The van der Waals surface area contributed by atoms with E-state index in [1.165, 1.54) is 0 Å². The Hall–Kier alpha value is -0.570. The van der Waals surface area contributed by atoms with Gasteiger partial charge in [-0.3, -0.25) is 0 Å². The van der Waals surface area contributed by atoms with Gasteiger partial charge in [0.05, 0.1) is 18.8 Å². The van der Waals surface area contributed by atoms with Crippen LogP contribution in [0, 0.1) is 0 Å². The minimum atomic E-state index is 0.154. The number of likely N-dealkylation sites (N-methyl/N-ethyl adjacent to an activating group) is 1. The molecule has 0 aromatic heterocycles. The second-order valence-electron chi connectivity index (χ2n) is 3.74. The summed E-state index contributed by atoms with van der Waals surface area (Å²) in [5, 5.41) is 3.99. The van der Waals surface area contributed by atoms with Gasteiger partial charge in [0, 0.05) is 5.02 Å². The van der Waals surface area contributed by atoms with Gasteiger partial charge in [-0.25, -0.2) is 0 Å². The predicted molar refractivity (Wildman–Crippen MR) is 64.3 cm³/mol. The summed E-state index contributed by atoms with van der Waals surface area (Å²) in [6.45, 7) is 4.69. The molecule has 84 valence electrons. The second-order valence-corrected chi connectivity index (χ2v) is 4.15. The normalized spacial score (nSPS) is 13.1. The van der Waals surface area contributed by atoms with Crippen LogP contribution in [0.25, 0.3) is 0 Å². The first-order valence-corrected chi connectivity index (χ1v) is 5.56. The van der Waals surface area contributed by atoms with Crippen LogP contribution in [-0.4, -0.2) is 19.8 Å². The number of hydrogen-bond donors (Lipinski definition) is 1. The molecule has 1 unspecified atom stereocenters. The maximum atomic E-state index is 6.12. The highest BCUT2D eigenvalue weighted by Gasteiger charge is 2.12. The number of halogens is 1. The van der Waals surface area contributed by atoms with Crippen molar-refractivity contribution in [1.82, 2.24) is 5.32 Å². The number of hydrogen-bond acceptors (Lipinski definition) is 2. The fourth-order valence-corrected chi connectivity index (χ4v) is 1.64. The van der Waals surface area contributed by atoms with Crippen LogP contribution in [0.3, 0.4) is 0 Å². The highest BCUT2D eigenvalue weighted by Crippen LogP contribution is 2.22. The van der Waals surface area contributed by atoms with Crippen molar-refractivity contribution in [3.05, 3.63) is 34.9 Å². The molecule has 3 heteroatoms. The van der Waals surface area contributed by atoms with Crippen molar-refractivity contribution in [1.29, 1.82) is 0 Å². The van der Waals surface area contributed by atoms with E-state index in [0.717, 1.165) is 10.6 Å². The van der Waals surface area contributed by atoms with E-state index in [2.05, 4.69) is 5.32 Å². The van der Waals surface area contributed by atoms with E-state index in [4.69, 9.17) is 16.3 Å². The van der Waals surface area contributed by atoms with Crippen LogP contribution in [-0.2, 0) is 4.74 Å². The molecule has 1 atom stereocenters. The van der Waals surface area contributed by atoms with Gasteiger partial charge in [0.2, 0.25) is 0 Å². The molecule has 1 aromatic carbocycles. The van der Waals surface area contributed by atoms with Gasteiger partial charge in [0.1, 0.15) is 0 Å². The van der Waals surface area contributed by atoms with Gasteiger partial charge >= 0.3 is 0 Å². The summed E-state index contributed by atoms with van der Waals surface area (Å²) >= 11 is 6.12. The van der Waals surface area contributed by atoms with Crippen LogP contribution < -0.4 is 5.32 Å². The van der Waals surface area contributed by atoms with Crippen LogP contribution >= 0.6 is 11.6 Å². The maximum Gasteiger partial charge on any atom is 0.0665 e. The minimum absolute atomic E-state index is 0.154. The monoisotopic (exact) mass is 227 g/mol. The molecular weight excluding hydrogens is 210 g/mol. The number of rotatable bonds is 5. The Bertz CT molecular complexity index is 301. The summed E-state index contributed by atoms with van der Waals surface area (Å²) in [5.74, 6) is 0. The Morgan fingerprint density at radius 1 is 1.33 bits per heavy atom. The molecule has 0 aliphatic heterocycles. The molecule has 0 saturated carbocycles. The standard InChI is InChI=1S/C12H18ClNO/c1-9(2)15-8-12(14-3)10-6-4-5-7-11(10)13/h4-7,9,12,14H,8H2,1-3H3. The van der Waals surface area contributed by atoms with Crippen molar-refractivity contribution in [3.8, 4) is 0 Å². The summed E-state index contributed by atoms with van der Waals surface area (Å²) in [4.78, 5) is 0. The van der Waals surface area contributed by atoms with E-state index in [1.807, 2.05) is 45.2 Å². The molecule has 0 bridgehead atoms. The molecular formula is C12H18ClNO. The van der Waals surface area contributed by atoms with Gasteiger partial charge in [0.25, 0.3) is 0 Å². The van der Waals surface area contributed by atoms with Crippen LogP contribution in [0.2, 0.25) is 5.02 Å². The minimum Gasteiger partial charge on any atom is -0.377 e. The quantitative estimate of drug-likeness (QED) is 0.835. The fourth-order valence-electron chi connectivity index (χ4n) is 1.37. The van der Waals surface area contributed by atoms with Gasteiger partial charge in [-0.2, -0.15) is 0 Å². The Kier molecular flexibility index (Phi) is 5.09. The summed E-state index contributed by atoms with van der Waals surface area (Å²) in [6.07, 6.45) is 0.239. The molecule has 0 aliphatic rings. The van der Waals surface area contributed by atoms with Crippen molar-refractivity contribution in [2.24, 2.45) is 0 Å². The average molecular weight is 228 g/mol. The van der Waals surface area contributed by atoms with Crippen molar-refractivity contribution in [3.63, 3.8) is 0 Å². The third-order valence-corrected chi connectivity index (χ3v) is 2.57. The predicted octanol–water partition coefficient (Wildman–Crippen LogP) is 3.03. The zero-order valence-corrected chi connectivity index (χ0v) is 10.2. The van der Waals surface area contributed by atoms with Crippen molar-refractivity contribution in [2.75, 3.05) is 13.7 Å². The lowest BCUT2D eigenvalue weighted by Gasteiger charge is -2.19. The van der Waals surface area contributed by atoms with Crippen molar-refractivity contribution >= 4 is 11.6 Å². The smallest absolute Gasteiger partial charge is 0.0665 e. The Balaban J connectivity index is 2.70. The first-order chi connectivity index (χ1) is 7.15. The van der Waals surface area contributed by atoms with E-state index in [0.29, 0.717) is 6.61 Å². The van der Waals surface area contributed by atoms with E-state index < -0.39 is 0 Å².